The van der Waals surface area contributed by atoms with Crippen molar-refractivity contribution in [3.63, 3.8) is 0 Å². The van der Waals surface area contributed by atoms with Crippen molar-refractivity contribution in [1.29, 1.82) is 0 Å². The van der Waals surface area contributed by atoms with E-state index in [1.165, 1.54) is 0 Å². The zero-order chi connectivity index (χ0) is 10.7. The van der Waals surface area contributed by atoms with Crippen molar-refractivity contribution in [2.75, 3.05) is 6.54 Å². The number of fused-ring (bicyclic) bond motifs is 1. The maximum Gasteiger partial charge on any atom is 0.408 e. The first kappa shape index (κ1) is 9.39. The van der Waals surface area contributed by atoms with E-state index in [2.05, 4.69) is 5.32 Å². The smallest absolute Gasteiger partial charge is 0.408 e. The summed E-state index contributed by atoms with van der Waals surface area (Å²) in [6.45, 7) is 0.500. The molecule has 0 atom stereocenters. The normalized spacial score (nSPS) is 18.3. The van der Waals surface area contributed by atoms with Gasteiger partial charge in [-0.05, 0) is 24.3 Å². The van der Waals surface area contributed by atoms with E-state index in [0.29, 0.717) is 12.2 Å². The number of amides is 1. The number of rotatable bonds is 1. The van der Waals surface area contributed by atoms with E-state index in [0.717, 1.165) is 0 Å². The molecule has 1 amide bonds. The van der Waals surface area contributed by atoms with Gasteiger partial charge in [-0.1, -0.05) is 0 Å². The van der Waals surface area contributed by atoms with E-state index in [1.807, 2.05) is 40.8 Å². The Kier molecular flexibility index (Phi) is 2.45. The molecule has 0 aliphatic carbocycles. The molecule has 0 bridgehead atoms. The molecular weight excluding hydrogens is 194 g/mol. The van der Waals surface area contributed by atoms with Gasteiger partial charge in [0.25, 0.3) is 0 Å². The van der Waals surface area contributed by atoms with Crippen molar-refractivity contribution in [1.82, 2.24) is 15.3 Å². The molecule has 2 rings (SSSR count). The van der Waals surface area contributed by atoms with Crippen LogP contribution < -0.4 is 5.32 Å². The van der Waals surface area contributed by atoms with Gasteiger partial charge in [0.2, 0.25) is 0 Å². The predicted octanol–water partition coefficient (Wildman–Crippen LogP) is 1.23. The van der Waals surface area contributed by atoms with Crippen LogP contribution in [0.15, 0.2) is 48.6 Å². The van der Waals surface area contributed by atoms with Crippen LogP contribution in [0.25, 0.3) is 0 Å². The van der Waals surface area contributed by atoms with Crippen LogP contribution in [-0.2, 0) is 0 Å². The minimum atomic E-state index is -1.04. The molecule has 5 heteroatoms. The molecule has 5 nitrogen and oxygen atoms in total. The molecule has 0 saturated carbocycles. The third-order valence-electron chi connectivity index (χ3n) is 2.04. The monoisotopic (exact) mass is 205 g/mol. The summed E-state index contributed by atoms with van der Waals surface area (Å²) in [7, 11) is 0. The molecule has 15 heavy (non-hydrogen) atoms. The van der Waals surface area contributed by atoms with Gasteiger partial charge in [-0.15, -0.1) is 0 Å². The molecule has 2 aliphatic rings. The highest BCUT2D eigenvalue weighted by Crippen LogP contribution is 2.12. The molecule has 0 radical (unpaired) electrons. The average Bonchev–Trinajstić information content (AvgIpc) is 2.38. The lowest BCUT2D eigenvalue weighted by Crippen LogP contribution is -2.36. The molecule has 0 aromatic rings. The van der Waals surface area contributed by atoms with Gasteiger partial charge < -0.3 is 5.11 Å². The van der Waals surface area contributed by atoms with Crippen molar-refractivity contribution in [3.05, 3.63) is 48.6 Å². The van der Waals surface area contributed by atoms with Gasteiger partial charge in [0.05, 0.1) is 6.54 Å². The highest BCUT2D eigenvalue weighted by molar-refractivity contribution is 5.67. The number of nitrogens with one attached hydrogen (secondary N) is 1. The third-order valence-corrected chi connectivity index (χ3v) is 2.04. The molecule has 78 valence electrons. The van der Waals surface area contributed by atoms with Crippen LogP contribution in [0, 0.1) is 0 Å². The van der Waals surface area contributed by atoms with Crippen LogP contribution in [0.3, 0.4) is 0 Å². The van der Waals surface area contributed by atoms with Crippen molar-refractivity contribution < 1.29 is 9.90 Å². The molecule has 0 fully saturated rings. The maximum atomic E-state index is 10.5. The Morgan fingerprint density at radius 3 is 2.80 bits per heavy atom. The summed E-state index contributed by atoms with van der Waals surface area (Å²) in [4.78, 5) is 10.5. The van der Waals surface area contributed by atoms with Gasteiger partial charge in [0.15, 0.2) is 0 Å². The second-order valence-corrected chi connectivity index (χ2v) is 3.12. The summed E-state index contributed by atoms with van der Waals surface area (Å²) in [6, 6.07) is 0. The number of carboxylic acid groups (broad SMARTS) is 1. The first-order valence-electron chi connectivity index (χ1n) is 4.53. The molecule has 0 aromatic heterocycles. The second-order valence-electron chi connectivity index (χ2n) is 3.12. The number of hydrogen-bond donors (Lipinski definition) is 2. The van der Waals surface area contributed by atoms with Crippen molar-refractivity contribution in [2.24, 2.45) is 0 Å². The fourth-order valence-corrected chi connectivity index (χ4v) is 1.41. The zero-order valence-electron chi connectivity index (χ0n) is 8.00. The maximum absolute atomic E-state index is 10.5. The summed E-state index contributed by atoms with van der Waals surface area (Å²) >= 11 is 0. The molecule has 2 N–H and O–H groups in total. The Morgan fingerprint density at radius 2 is 2.00 bits per heavy atom. The molecule has 2 heterocycles. The summed E-state index contributed by atoms with van der Waals surface area (Å²) in [5.74, 6) is 0. The van der Waals surface area contributed by atoms with E-state index >= 15 is 0 Å². The van der Waals surface area contributed by atoms with E-state index in [-0.39, 0.29) is 0 Å². The van der Waals surface area contributed by atoms with Crippen molar-refractivity contribution >= 4 is 6.09 Å². The Balaban J connectivity index is 2.11. The summed E-state index contributed by atoms with van der Waals surface area (Å²) in [5, 5.41) is 14.7. The lowest BCUT2D eigenvalue weighted by atomic mass is 10.4. The van der Waals surface area contributed by atoms with Crippen LogP contribution in [0.4, 0.5) is 4.79 Å². The number of hydrazine groups is 1. The van der Waals surface area contributed by atoms with Crippen molar-refractivity contribution in [3.8, 4) is 0 Å². The van der Waals surface area contributed by atoms with Crippen LogP contribution >= 0.6 is 0 Å². The highest BCUT2D eigenvalue weighted by atomic mass is 16.4. The number of carbonyl (C=O) groups is 1. The average molecular weight is 205 g/mol. The Labute approximate surface area is 87.2 Å². The van der Waals surface area contributed by atoms with Gasteiger partial charge in [-0.25, -0.2) is 4.79 Å². The summed E-state index contributed by atoms with van der Waals surface area (Å²) in [6.07, 6.45) is 11.9. The Hall–Kier alpha value is -2.17. The van der Waals surface area contributed by atoms with Gasteiger partial charge in [-0.2, -0.15) is 0 Å². The molecule has 0 saturated heterocycles. The fourth-order valence-electron chi connectivity index (χ4n) is 1.41. The fraction of sp³-hybridized carbons (Fsp3) is 0.100. The molecule has 0 aromatic carbocycles. The Morgan fingerprint density at radius 1 is 1.27 bits per heavy atom. The van der Waals surface area contributed by atoms with E-state index < -0.39 is 6.09 Å². The van der Waals surface area contributed by atoms with Gasteiger partial charge in [0.1, 0.15) is 0 Å². The topological polar surface area (TPSA) is 55.8 Å². The quantitative estimate of drug-likeness (QED) is 0.676. The number of allylic oxidation sites excluding steroid dienone is 4. The van der Waals surface area contributed by atoms with Gasteiger partial charge >= 0.3 is 6.09 Å². The van der Waals surface area contributed by atoms with E-state index in [9.17, 15) is 4.79 Å². The summed E-state index contributed by atoms with van der Waals surface area (Å²) < 4.78 is 0. The first-order chi connectivity index (χ1) is 7.25. The van der Waals surface area contributed by atoms with E-state index in [1.54, 1.807) is 12.2 Å². The van der Waals surface area contributed by atoms with Crippen molar-refractivity contribution in [2.45, 2.75) is 0 Å². The molecular formula is C10H11N3O2. The summed E-state index contributed by atoms with van der Waals surface area (Å²) in [5.41, 5.74) is 0.640. The molecule has 0 unspecified atom stereocenters. The minimum Gasteiger partial charge on any atom is -0.465 e. The predicted molar refractivity (Wildman–Crippen MR) is 55.2 cm³/mol. The first-order valence-corrected chi connectivity index (χ1v) is 4.53. The Bertz CT molecular complexity index is 382. The van der Waals surface area contributed by atoms with Crippen LogP contribution in [0.5, 0.6) is 0 Å². The molecule has 0 spiro atoms. The van der Waals surface area contributed by atoms with Gasteiger partial charge in [-0.3, -0.25) is 15.3 Å². The number of hydrogen-bond acceptors (Lipinski definition) is 3. The lowest BCUT2D eigenvalue weighted by Gasteiger charge is -2.31. The molecule has 2 aliphatic heterocycles. The minimum absolute atomic E-state index is 0.500. The van der Waals surface area contributed by atoms with Crippen LogP contribution in [0.2, 0.25) is 0 Å². The van der Waals surface area contributed by atoms with Crippen LogP contribution in [0.1, 0.15) is 0 Å². The third kappa shape index (κ3) is 2.19. The number of nitrogens with zero attached hydrogens (tertiary/aromatic N) is 2. The van der Waals surface area contributed by atoms with Crippen LogP contribution in [-0.4, -0.2) is 27.8 Å². The zero-order valence-corrected chi connectivity index (χ0v) is 8.00. The standard InChI is InChI=1S/C10H11N3O2/c14-10(15)11-9-4-3-7-12-5-1-2-6-13(12)8-9/h1-7,11H,8H2,(H,14,15). The lowest BCUT2D eigenvalue weighted by molar-refractivity contribution is 0.141. The second kappa shape index (κ2) is 3.91. The largest absolute Gasteiger partial charge is 0.465 e. The van der Waals surface area contributed by atoms with E-state index in [4.69, 9.17) is 5.11 Å². The van der Waals surface area contributed by atoms with Gasteiger partial charge in [0, 0.05) is 24.3 Å². The SMILES string of the molecule is O=C(O)NC1=CC=CN2C=CC=CN2C1. The highest BCUT2D eigenvalue weighted by Gasteiger charge is 2.13.